The molecule has 0 aliphatic heterocycles. The van der Waals surface area contributed by atoms with Gasteiger partial charge in [-0.1, -0.05) is 33.7 Å². The molecule has 0 aromatic carbocycles. The number of hydrogen-bond acceptors (Lipinski definition) is 0. The molecule has 0 rings (SSSR count). The highest BCUT2D eigenvalue weighted by Crippen LogP contribution is 2.51. The van der Waals surface area contributed by atoms with Crippen LogP contribution in [0.2, 0.25) is 0 Å². The number of hydrogen-bond donors (Lipinski definition) is 0. The Kier molecular flexibility index (Phi) is 10.7. The molecule has 0 aromatic rings. The third kappa shape index (κ3) is 29.7. The zero-order valence-corrected chi connectivity index (χ0v) is 6.24. The molecule has 0 spiro atoms. The van der Waals surface area contributed by atoms with Gasteiger partial charge in [0.1, 0.15) is 0 Å². The highest BCUT2D eigenvalue weighted by atomic mass is 36.0. The van der Waals surface area contributed by atoms with Crippen molar-refractivity contribution < 1.29 is 0 Å². The SMILES string of the molecule is ClP(Cl)Cl.[Si]. The monoisotopic (exact) mass is 164 g/mol. The molecule has 0 bridgehead atoms. The lowest BCUT2D eigenvalue weighted by Gasteiger charge is -1.68. The third-order valence-corrected chi connectivity index (χ3v) is 0. The molecular weight excluding hydrogens is 165 g/mol. The molecule has 0 saturated carbocycles. The maximum absolute atomic E-state index is 4.87. The molecule has 30 valence electrons. The molecule has 4 radical (unpaired) electrons. The average molecular weight is 165 g/mol. The van der Waals surface area contributed by atoms with Crippen molar-refractivity contribution in [3.63, 3.8) is 0 Å². The van der Waals surface area contributed by atoms with Crippen LogP contribution in [0.25, 0.3) is 0 Å². The van der Waals surface area contributed by atoms with E-state index < -0.39 is 5.98 Å². The molecule has 0 unspecified atom stereocenters. The second kappa shape index (κ2) is 5.52. The standard InChI is InChI=1S/Cl3P.Si/c1-4(2)3;. The van der Waals surface area contributed by atoms with Gasteiger partial charge in [0.2, 0.25) is 0 Å². The molecule has 0 aliphatic rings. The van der Waals surface area contributed by atoms with E-state index >= 15 is 0 Å². The Morgan fingerprint density at radius 2 is 1.00 bits per heavy atom. The van der Waals surface area contributed by atoms with Crippen molar-refractivity contribution in [3.8, 4) is 0 Å². The summed E-state index contributed by atoms with van der Waals surface area (Å²) in [5.74, 6) is -1.20. The highest BCUT2D eigenvalue weighted by Gasteiger charge is 1.80. The van der Waals surface area contributed by atoms with Crippen molar-refractivity contribution >= 4 is 50.7 Å². The van der Waals surface area contributed by atoms with Gasteiger partial charge < -0.3 is 0 Å². The van der Waals surface area contributed by atoms with Crippen molar-refractivity contribution in [2.24, 2.45) is 0 Å². The smallest absolute Gasteiger partial charge is 0.0596 e. The summed E-state index contributed by atoms with van der Waals surface area (Å²) in [7, 11) is 0. The maximum atomic E-state index is 4.87. The summed E-state index contributed by atoms with van der Waals surface area (Å²) in [6.07, 6.45) is 0. The molecule has 0 fully saturated rings. The molecular formula is Cl3PSi. The molecule has 0 saturated heterocycles. The predicted octanol–water partition coefficient (Wildman–Crippen LogP) is 2.55. The molecule has 0 aromatic heterocycles. The van der Waals surface area contributed by atoms with Crippen LogP contribution < -0.4 is 0 Å². The van der Waals surface area contributed by atoms with E-state index in [1.165, 1.54) is 0 Å². The molecule has 0 amide bonds. The molecule has 0 heterocycles. The van der Waals surface area contributed by atoms with Crippen molar-refractivity contribution in [3.05, 3.63) is 0 Å². The van der Waals surface area contributed by atoms with Crippen LogP contribution in [-0.2, 0) is 0 Å². The van der Waals surface area contributed by atoms with E-state index in [0.717, 1.165) is 0 Å². The van der Waals surface area contributed by atoms with Gasteiger partial charge in [0.15, 0.2) is 5.98 Å². The van der Waals surface area contributed by atoms with Crippen LogP contribution >= 0.6 is 39.7 Å². The van der Waals surface area contributed by atoms with Crippen molar-refractivity contribution in [1.29, 1.82) is 0 Å². The van der Waals surface area contributed by atoms with E-state index in [-0.39, 0.29) is 11.0 Å². The molecule has 0 aliphatic carbocycles. The van der Waals surface area contributed by atoms with Gasteiger partial charge in [-0.05, 0) is 0 Å². The highest BCUT2D eigenvalue weighted by molar-refractivity contribution is 8.20. The minimum atomic E-state index is -1.20. The Balaban J connectivity index is 0. The first-order valence-corrected chi connectivity index (χ1v) is 4.56. The number of halogens is 3. The maximum Gasteiger partial charge on any atom is 0.179 e. The molecule has 0 N–H and O–H groups in total. The van der Waals surface area contributed by atoms with E-state index in [9.17, 15) is 0 Å². The van der Waals surface area contributed by atoms with Crippen LogP contribution in [0.4, 0.5) is 0 Å². The molecule has 0 atom stereocenters. The quantitative estimate of drug-likeness (QED) is 0.382. The zero-order valence-electron chi connectivity index (χ0n) is 2.08. The van der Waals surface area contributed by atoms with Crippen LogP contribution in [0, 0.1) is 0 Å². The largest absolute Gasteiger partial charge is 0.179 e. The van der Waals surface area contributed by atoms with E-state index in [1.807, 2.05) is 0 Å². The Labute approximate surface area is 50.9 Å². The van der Waals surface area contributed by atoms with Crippen molar-refractivity contribution in [2.75, 3.05) is 0 Å². The summed E-state index contributed by atoms with van der Waals surface area (Å²) in [5, 5.41) is 0. The lowest BCUT2D eigenvalue weighted by Crippen LogP contribution is -0.958. The summed E-state index contributed by atoms with van der Waals surface area (Å²) < 4.78 is 0. The predicted molar refractivity (Wildman–Crippen MR) is 30.2 cm³/mol. The summed E-state index contributed by atoms with van der Waals surface area (Å²) in [6, 6.07) is 0. The summed E-state index contributed by atoms with van der Waals surface area (Å²) in [6.45, 7) is 0. The van der Waals surface area contributed by atoms with E-state index in [1.54, 1.807) is 0 Å². The Morgan fingerprint density at radius 1 is 1.00 bits per heavy atom. The molecule has 0 nitrogen and oxygen atoms in total. The van der Waals surface area contributed by atoms with Crippen molar-refractivity contribution in [1.82, 2.24) is 0 Å². The van der Waals surface area contributed by atoms with Gasteiger partial charge in [-0.25, -0.2) is 0 Å². The average Bonchev–Trinajstić information content (AvgIpc) is 0.811. The normalized spacial score (nSPS) is 7.20. The first-order valence-electron chi connectivity index (χ1n) is 0.507. The van der Waals surface area contributed by atoms with E-state index in [4.69, 9.17) is 33.7 Å². The summed E-state index contributed by atoms with van der Waals surface area (Å²) >= 11 is 14.6. The fourth-order valence-corrected chi connectivity index (χ4v) is 0. The fraction of sp³-hybridized carbons (Fsp3) is 0. The van der Waals surface area contributed by atoms with Crippen LogP contribution in [0.3, 0.4) is 0 Å². The Hall–Kier alpha value is 1.52. The van der Waals surface area contributed by atoms with Gasteiger partial charge in [-0.2, -0.15) is 0 Å². The minimum absolute atomic E-state index is 0. The minimum Gasteiger partial charge on any atom is -0.0596 e. The fourth-order valence-electron chi connectivity index (χ4n) is 0. The first-order chi connectivity index (χ1) is 1.73. The van der Waals surface area contributed by atoms with Crippen LogP contribution in [0.15, 0.2) is 0 Å². The Morgan fingerprint density at radius 3 is 1.00 bits per heavy atom. The van der Waals surface area contributed by atoms with E-state index in [2.05, 4.69) is 0 Å². The van der Waals surface area contributed by atoms with Gasteiger partial charge in [-0.15, -0.1) is 0 Å². The van der Waals surface area contributed by atoms with Gasteiger partial charge in [0.05, 0.1) is 0 Å². The first kappa shape index (κ1) is 9.72. The summed E-state index contributed by atoms with van der Waals surface area (Å²) in [4.78, 5) is 0. The topological polar surface area (TPSA) is 0 Å². The summed E-state index contributed by atoms with van der Waals surface area (Å²) in [5.41, 5.74) is 0. The second-order valence-corrected chi connectivity index (χ2v) is 5.17. The number of rotatable bonds is 0. The van der Waals surface area contributed by atoms with Crippen LogP contribution in [-0.4, -0.2) is 11.0 Å². The molecule has 5 heavy (non-hydrogen) atoms. The Bertz CT molecular complexity index is 11.6. The molecule has 5 heteroatoms. The van der Waals surface area contributed by atoms with Crippen LogP contribution in [0.1, 0.15) is 0 Å². The lowest BCUT2D eigenvalue weighted by molar-refractivity contribution is 4.58. The van der Waals surface area contributed by atoms with Gasteiger partial charge in [0, 0.05) is 11.0 Å². The third-order valence-electron chi connectivity index (χ3n) is 0. The van der Waals surface area contributed by atoms with Gasteiger partial charge in [-0.3, -0.25) is 0 Å². The zero-order chi connectivity index (χ0) is 3.58. The van der Waals surface area contributed by atoms with Gasteiger partial charge in [0.25, 0.3) is 0 Å². The van der Waals surface area contributed by atoms with Crippen LogP contribution in [0.5, 0.6) is 0 Å². The second-order valence-electron chi connectivity index (χ2n) is 0.192. The lowest BCUT2D eigenvalue weighted by atomic mass is 28.1. The van der Waals surface area contributed by atoms with E-state index in [0.29, 0.717) is 0 Å². The van der Waals surface area contributed by atoms with Crippen molar-refractivity contribution in [2.45, 2.75) is 0 Å². The van der Waals surface area contributed by atoms with Gasteiger partial charge >= 0.3 is 0 Å².